The number of rotatable bonds is 19. The van der Waals surface area contributed by atoms with Gasteiger partial charge in [-0.3, -0.25) is 14.6 Å². The minimum atomic E-state index is -0.0118. The van der Waals surface area contributed by atoms with Gasteiger partial charge in [0, 0.05) is 153 Å². The van der Waals surface area contributed by atoms with Gasteiger partial charge in [0.2, 0.25) is 0 Å². The van der Waals surface area contributed by atoms with E-state index in [2.05, 4.69) is 242 Å². The fourth-order valence-electron chi connectivity index (χ4n) is 14.8. The second kappa shape index (κ2) is 51.8. The van der Waals surface area contributed by atoms with Crippen molar-refractivity contribution in [1.29, 1.82) is 0 Å². The molecule has 0 saturated carbocycles. The number of benzene rings is 10. The molecule has 15 aromatic rings. The maximum Gasteiger partial charge on any atom is 0.159 e. The van der Waals surface area contributed by atoms with Crippen molar-refractivity contribution in [2.45, 2.75) is 168 Å². The molecule has 0 fully saturated rings. The summed E-state index contributed by atoms with van der Waals surface area (Å²) in [6.45, 7) is 38.1. The monoisotopic (exact) mass is 2390 g/mol. The zero-order valence-electron chi connectivity index (χ0n) is 76.3. The summed E-state index contributed by atoms with van der Waals surface area (Å²) in [5.74, 6) is 2.96. The number of fused-ring (bicyclic) bond motifs is 7. The van der Waals surface area contributed by atoms with E-state index in [1.807, 2.05) is 189 Å². The first-order chi connectivity index (χ1) is 59.0. The molecule has 0 aliphatic heterocycles. The van der Waals surface area contributed by atoms with Crippen LogP contribution in [-0.4, -0.2) is 41.7 Å². The number of aliphatic hydroxyl groups excluding tert-OH is 2. The fraction of sp³-hybridized carbons (Fsp3) is 0.263. The average molecular weight is 2390 g/mol. The molecule has 16 rings (SSSR count). The number of nitrogens with zero attached hydrogens (tertiary/aromatic N) is 4. The molecule has 9 nitrogen and oxygen atoms in total. The van der Waals surface area contributed by atoms with Crippen LogP contribution in [0.3, 0.4) is 0 Å². The van der Waals surface area contributed by atoms with Gasteiger partial charge in [-0.05, 0) is 146 Å². The molecular formula is C114H118Ir4N4O5-6. The van der Waals surface area contributed by atoms with Gasteiger partial charge >= 0.3 is 0 Å². The van der Waals surface area contributed by atoms with Crippen LogP contribution in [0.4, 0.5) is 0 Å². The van der Waals surface area contributed by atoms with Gasteiger partial charge in [-0.15, -0.1) is 137 Å². The molecule has 0 atom stereocenters. The molecule has 4 radical (unpaired) electrons. The number of hydrogen-bond acceptors (Lipinski definition) is 9. The molecule has 0 spiro atoms. The molecular weight excluding hydrogens is 2270 g/mol. The Bertz CT molecular complexity index is 5890. The normalized spacial score (nSPS) is 11.5. The molecule has 1 aliphatic carbocycles. The number of allylic oxidation sites excluding steroid dienone is 4. The molecule has 0 bridgehead atoms. The molecule has 10 aromatic carbocycles. The van der Waals surface area contributed by atoms with Crippen molar-refractivity contribution in [2.75, 3.05) is 0 Å². The largest absolute Gasteiger partial charge is 0.512 e. The van der Waals surface area contributed by atoms with Gasteiger partial charge in [0.15, 0.2) is 11.6 Å². The Morgan fingerprint density at radius 1 is 0.402 bits per heavy atom. The Balaban J connectivity index is 0.000000234. The Morgan fingerprint density at radius 3 is 1.47 bits per heavy atom. The van der Waals surface area contributed by atoms with Crippen LogP contribution in [0.2, 0.25) is 0 Å². The number of ketones is 2. The fourth-order valence-corrected chi connectivity index (χ4v) is 14.8. The Labute approximate surface area is 809 Å². The zero-order valence-corrected chi connectivity index (χ0v) is 85.9. The maximum absolute atomic E-state index is 11.2. The molecule has 0 saturated heterocycles. The van der Waals surface area contributed by atoms with Crippen molar-refractivity contribution in [3.8, 4) is 78.4 Å². The zero-order chi connectivity index (χ0) is 88.3. The van der Waals surface area contributed by atoms with Crippen LogP contribution in [0.25, 0.3) is 111 Å². The molecule has 5 heterocycles. The van der Waals surface area contributed by atoms with E-state index in [0.717, 1.165) is 95.6 Å². The van der Waals surface area contributed by atoms with Crippen molar-refractivity contribution in [3.05, 3.63) is 372 Å². The van der Waals surface area contributed by atoms with E-state index in [1.165, 1.54) is 78.7 Å². The van der Waals surface area contributed by atoms with Crippen LogP contribution in [0.1, 0.15) is 173 Å². The summed E-state index contributed by atoms with van der Waals surface area (Å²) in [4.78, 5) is 40.7. The molecule has 2 N–H and O–H groups in total. The number of hydrogen-bond donors (Lipinski definition) is 2. The van der Waals surface area contributed by atoms with Gasteiger partial charge in [0.1, 0.15) is 5.58 Å². The minimum Gasteiger partial charge on any atom is -0.512 e. The summed E-state index contributed by atoms with van der Waals surface area (Å²) in [5, 5.41) is 22.3. The number of aryl methyl sites for hydroxylation is 4. The summed E-state index contributed by atoms with van der Waals surface area (Å²) < 4.78 is 6.26. The van der Waals surface area contributed by atoms with Gasteiger partial charge in [-0.2, -0.15) is 48.5 Å². The van der Waals surface area contributed by atoms with Gasteiger partial charge in [-0.1, -0.05) is 237 Å². The number of pyridine rings is 4. The van der Waals surface area contributed by atoms with E-state index in [-0.39, 0.29) is 109 Å². The summed E-state index contributed by atoms with van der Waals surface area (Å²) >= 11 is 0. The van der Waals surface area contributed by atoms with E-state index in [9.17, 15) is 19.8 Å². The topological polar surface area (TPSA) is 139 Å². The van der Waals surface area contributed by atoms with Crippen molar-refractivity contribution >= 4 is 44.4 Å². The summed E-state index contributed by atoms with van der Waals surface area (Å²) in [7, 11) is 0. The molecule has 13 heteroatoms. The van der Waals surface area contributed by atoms with Crippen molar-refractivity contribution in [2.24, 2.45) is 29.6 Å². The standard InChI is InChI=1S/C30H30N.C20H16NO.C18H14N.C13H10.C11H8N.2C11H20O2.4Ir/c1-18(2)11-21-15-28(22-13-19(3)12-20(4)14-22)31-29-17-27-25(16-24(21)29)23-9-7-8-10-26(23)30(27,5)6;1-13(2)14-7-5-8-15-16-9-6-10-17(20(16)22-19(14)15)18-11-3-4-12-21-18;1-14-7-9-15(10-8-14)17-11-12-19-18(13-17)16-5-3-2-4-6-16;1-11-7-9-13(10-8-11)12-5-3-2-4-6-12;1-2-6-10(7-3-1)11-8-4-5-9-12-11;2*1-8(2)5-10(12)7-11(13)6-9(3)4;;;;/h7-10,12-13,15-18H,11H2,1-6H3;3-9,11-13H,1-2H3;2-5,7-13H,1H3;2-5,7-9H,1H3;1-6,8-9H;2*7-9,12H,5-6H2,1-4H3;;;;/q3*-1;-2;-1;;;;;;. The summed E-state index contributed by atoms with van der Waals surface area (Å²) in [5.41, 5.74) is 28.5. The minimum absolute atomic E-state index is 0. The predicted molar refractivity (Wildman–Crippen MR) is 512 cm³/mol. The molecule has 666 valence electrons. The van der Waals surface area contributed by atoms with E-state index < -0.39 is 0 Å². The van der Waals surface area contributed by atoms with Gasteiger partial charge in [-0.25, -0.2) is 11.1 Å². The van der Waals surface area contributed by atoms with Crippen LogP contribution in [0.5, 0.6) is 0 Å². The van der Waals surface area contributed by atoms with Crippen molar-refractivity contribution in [3.63, 3.8) is 0 Å². The van der Waals surface area contributed by atoms with E-state index >= 15 is 0 Å². The first-order valence-corrected chi connectivity index (χ1v) is 43.0. The summed E-state index contributed by atoms with van der Waals surface area (Å²) in [6, 6.07) is 104. The number of aliphatic hydroxyl groups is 2. The molecule has 0 unspecified atom stereocenters. The van der Waals surface area contributed by atoms with E-state index in [4.69, 9.17) is 9.40 Å². The van der Waals surface area contributed by atoms with E-state index in [0.29, 0.717) is 61.2 Å². The van der Waals surface area contributed by atoms with Crippen LogP contribution in [0.15, 0.2) is 295 Å². The maximum atomic E-state index is 11.2. The van der Waals surface area contributed by atoms with Crippen molar-refractivity contribution < 1.29 is 105 Å². The smallest absolute Gasteiger partial charge is 0.159 e. The van der Waals surface area contributed by atoms with Crippen LogP contribution in [-0.2, 0) is 102 Å². The Morgan fingerprint density at radius 2 is 0.937 bits per heavy atom. The third-order valence-corrected chi connectivity index (χ3v) is 20.5. The van der Waals surface area contributed by atoms with Crippen LogP contribution >= 0.6 is 0 Å². The third kappa shape index (κ3) is 31.4. The van der Waals surface area contributed by atoms with Crippen LogP contribution < -0.4 is 0 Å². The third-order valence-electron chi connectivity index (χ3n) is 20.5. The average Bonchev–Trinajstić information content (AvgIpc) is 1.27. The second-order valence-corrected chi connectivity index (χ2v) is 34.6. The van der Waals surface area contributed by atoms with Gasteiger partial charge < -0.3 is 29.6 Å². The Kier molecular flexibility index (Phi) is 43.1. The number of aromatic nitrogens is 4. The predicted octanol–water partition coefficient (Wildman–Crippen LogP) is 29.9. The van der Waals surface area contributed by atoms with Gasteiger partial charge in [0.25, 0.3) is 0 Å². The van der Waals surface area contributed by atoms with Crippen LogP contribution in [0, 0.1) is 93.7 Å². The van der Waals surface area contributed by atoms with Gasteiger partial charge in [0.05, 0.1) is 22.6 Å². The first-order valence-electron chi connectivity index (χ1n) is 43.0. The number of para-hydroxylation sites is 1. The first kappa shape index (κ1) is 106. The Hall–Kier alpha value is -10.1. The second-order valence-electron chi connectivity index (χ2n) is 34.6. The molecule has 127 heavy (non-hydrogen) atoms. The number of carbonyl (C=O) groups excluding carboxylic acids is 2. The number of carbonyl (C=O) groups is 2. The quantitative estimate of drug-likeness (QED) is 0.0460. The SMILES string of the molecule is CC(C)CC(=O)C=C(O)CC(C)C.CC(C)CC(=O)C=C(O)CC(C)C.CC(C)c1cccc2c1oc1c(-c3ccccn3)[c-]ccc12.Cc1[c-]c(-c2cc(CC(C)C)c3cc4c(cc3n2)C(C)(C)c2ccccc2-4)cc(C)c1.Cc1c[c-]c(-c2[c-]cccc2)cc1.Cc1ccc(-c2ccnc(-c3[c-]cccc3)c2)cc1.[Ir].[Ir].[Ir].[Ir].[c-]1ccccc1-c1ccccn1. The molecule has 5 aromatic heterocycles. The van der Waals surface area contributed by atoms with Crippen molar-refractivity contribution in [1.82, 2.24) is 19.9 Å². The number of furan rings is 1. The van der Waals surface area contributed by atoms with E-state index in [1.54, 1.807) is 12.4 Å². The molecule has 1 aliphatic rings. The molecule has 0 amide bonds. The summed E-state index contributed by atoms with van der Waals surface area (Å²) in [6.07, 6.45) is 11.4.